The highest BCUT2D eigenvalue weighted by atomic mass is 79.9. The van der Waals surface area contributed by atoms with E-state index in [1.807, 2.05) is 6.07 Å². The molecule has 128 valence electrons. The van der Waals surface area contributed by atoms with Crippen molar-refractivity contribution < 1.29 is 8.42 Å². The summed E-state index contributed by atoms with van der Waals surface area (Å²) in [6.45, 7) is 1.41. The molecule has 2 rings (SSSR count). The molecular weight excluding hydrogens is 378 g/mol. The van der Waals surface area contributed by atoms with Gasteiger partial charge in [-0.3, -0.25) is 4.99 Å². The van der Waals surface area contributed by atoms with E-state index in [-0.39, 0.29) is 11.2 Å². The summed E-state index contributed by atoms with van der Waals surface area (Å²) in [6.07, 6.45) is 4.16. The number of sulfone groups is 1. The molecule has 2 N–H and O–H groups in total. The van der Waals surface area contributed by atoms with Crippen LogP contribution in [-0.4, -0.2) is 46.5 Å². The summed E-state index contributed by atoms with van der Waals surface area (Å²) >= 11 is 3.64. The van der Waals surface area contributed by atoms with Gasteiger partial charge in [-0.25, -0.2) is 8.42 Å². The van der Waals surface area contributed by atoms with Crippen LogP contribution in [0, 0.1) is 0 Å². The quantitative estimate of drug-likeness (QED) is 0.416. The molecule has 0 aromatic heterocycles. The van der Waals surface area contributed by atoms with E-state index in [0.717, 1.165) is 29.8 Å². The van der Waals surface area contributed by atoms with E-state index in [9.17, 15) is 8.42 Å². The minimum Gasteiger partial charge on any atom is -0.356 e. The number of hydrogen-bond donors (Lipinski definition) is 2. The lowest BCUT2D eigenvalue weighted by atomic mass is 9.96. The van der Waals surface area contributed by atoms with Crippen LogP contribution >= 0.6 is 15.9 Å². The summed E-state index contributed by atoms with van der Waals surface area (Å²) in [6, 6.07) is 8.34. The van der Waals surface area contributed by atoms with Gasteiger partial charge in [0.25, 0.3) is 0 Å². The maximum Gasteiger partial charge on any atom is 0.191 e. The Kier molecular flexibility index (Phi) is 6.08. The Morgan fingerprint density at radius 2 is 2.00 bits per heavy atom. The van der Waals surface area contributed by atoms with Gasteiger partial charge in [-0.1, -0.05) is 34.1 Å². The third kappa shape index (κ3) is 5.49. The van der Waals surface area contributed by atoms with Gasteiger partial charge in [-0.2, -0.15) is 0 Å². The third-order valence-electron chi connectivity index (χ3n) is 4.10. The highest BCUT2D eigenvalue weighted by Crippen LogP contribution is 2.49. The fourth-order valence-corrected chi connectivity index (χ4v) is 3.97. The van der Waals surface area contributed by atoms with Crippen molar-refractivity contribution in [2.45, 2.75) is 24.7 Å². The van der Waals surface area contributed by atoms with Crippen LogP contribution in [0.25, 0.3) is 0 Å². The number of halogens is 1. The first-order chi connectivity index (χ1) is 10.9. The SMILES string of the molecule is CN=C(NCCCS(C)(=O)=O)NCC1(c2ccccc2Br)CC1. The van der Waals surface area contributed by atoms with Gasteiger partial charge in [-0.15, -0.1) is 0 Å². The standard InChI is InChI=1S/C16H24BrN3O2S/c1-18-15(19-10-5-11-23(2,21)22)20-12-16(8-9-16)13-6-3-4-7-14(13)17/h3-4,6-7H,5,8-12H2,1-2H3,(H2,18,19,20). The summed E-state index contributed by atoms with van der Waals surface area (Å²) in [7, 11) is -1.17. The monoisotopic (exact) mass is 401 g/mol. The van der Waals surface area contributed by atoms with Crippen LogP contribution in [0.4, 0.5) is 0 Å². The number of rotatable bonds is 7. The lowest BCUT2D eigenvalue weighted by Crippen LogP contribution is -2.41. The lowest BCUT2D eigenvalue weighted by molar-refractivity contribution is 0.597. The lowest BCUT2D eigenvalue weighted by Gasteiger charge is -2.20. The van der Waals surface area contributed by atoms with Crippen molar-refractivity contribution in [2.75, 3.05) is 32.1 Å². The molecule has 0 unspecified atom stereocenters. The van der Waals surface area contributed by atoms with Crippen molar-refractivity contribution in [1.29, 1.82) is 0 Å². The van der Waals surface area contributed by atoms with Gasteiger partial charge in [0.1, 0.15) is 9.84 Å². The summed E-state index contributed by atoms with van der Waals surface area (Å²) in [4.78, 5) is 4.20. The number of aliphatic imine (C=N–C) groups is 1. The molecule has 0 aliphatic heterocycles. The van der Waals surface area contributed by atoms with Crippen molar-refractivity contribution in [3.8, 4) is 0 Å². The maximum absolute atomic E-state index is 11.1. The molecule has 0 saturated heterocycles. The van der Waals surface area contributed by atoms with Crippen molar-refractivity contribution in [3.05, 3.63) is 34.3 Å². The number of guanidine groups is 1. The molecule has 1 aromatic rings. The van der Waals surface area contributed by atoms with E-state index in [1.54, 1.807) is 7.05 Å². The molecule has 1 aliphatic rings. The van der Waals surface area contributed by atoms with Crippen LogP contribution in [0.1, 0.15) is 24.8 Å². The van der Waals surface area contributed by atoms with Crippen LogP contribution in [-0.2, 0) is 15.3 Å². The van der Waals surface area contributed by atoms with E-state index < -0.39 is 9.84 Å². The Hall–Kier alpha value is -1.08. The fraction of sp³-hybridized carbons (Fsp3) is 0.562. The van der Waals surface area contributed by atoms with Crippen LogP contribution in [0.5, 0.6) is 0 Å². The Morgan fingerprint density at radius 3 is 2.57 bits per heavy atom. The van der Waals surface area contributed by atoms with Gasteiger partial charge in [0.15, 0.2) is 5.96 Å². The highest BCUT2D eigenvalue weighted by molar-refractivity contribution is 9.10. The molecule has 0 heterocycles. The van der Waals surface area contributed by atoms with Gasteiger partial charge in [0.05, 0.1) is 5.75 Å². The molecule has 0 spiro atoms. The Labute approximate surface area is 147 Å². The zero-order chi connectivity index (χ0) is 16.9. The van der Waals surface area contributed by atoms with Crippen LogP contribution in [0.2, 0.25) is 0 Å². The summed E-state index contributed by atoms with van der Waals surface area (Å²) < 4.78 is 23.4. The second-order valence-corrected chi connectivity index (χ2v) is 9.21. The number of benzene rings is 1. The fourth-order valence-electron chi connectivity index (χ4n) is 2.60. The van der Waals surface area contributed by atoms with E-state index in [2.05, 4.69) is 49.8 Å². The van der Waals surface area contributed by atoms with Crippen LogP contribution in [0.3, 0.4) is 0 Å². The van der Waals surface area contributed by atoms with E-state index in [4.69, 9.17) is 0 Å². The predicted octanol–water partition coefficient (Wildman–Crippen LogP) is 2.08. The second kappa shape index (κ2) is 7.66. The molecule has 1 saturated carbocycles. The summed E-state index contributed by atoms with van der Waals surface area (Å²) in [5.41, 5.74) is 1.50. The molecule has 1 fully saturated rings. The minimum absolute atomic E-state index is 0.171. The van der Waals surface area contributed by atoms with Gasteiger partial charge in [0, 0.05) is 36.3 Å². The Balaban J connectivity index is 1.83. The van der Waals surface area contributed by atoms with Crippen molar-refractivity contribution in [3.63, 3.8) is 0 Å². The maximum atomic E-state index is 11.1. The van der Waals surface area contributed by atoms with Crippen molar-refractivity contribution >= 4 is 31.7 Å². The highest BCUT2D eigenvalue weighted by Gasteiger charge is 2.45. The summed E-state index contributed by atoms with van der Waals surface area (Å²) in [5, 5.41) is 6.54. The van der Waals surface area contributed by atoms with Gasteiger partial charge in [0.2, 0.25) is 0 Å². The zero-order valence-electron chi connectivity index (χ0n) is 13.6. The molecule has 0 amide bonds. The van der Waals surface area contributed by atoms with Gasteiger partial charge in [-0.05, 0) is 30.9 Å². The topological polar surface area (TPSA) is 70.6 Å². The first kappa shape index (κ1) is 18.3. The second-order valence-electron chi connectivity index (χ2n) is 6.10. The largest absolute Gasteiger partial charge is 0.356 e. The minimum atomic E-state index is -2.90. The number of nitrogens with zero attached hydrogens (tertiary/aromatic N) is 1. The number of nitrogens with one attached hydrogen (secondary N) is 2. The third-order valence-corrected chi connectivity index (χ3v) is 5.82. The first-order valence-electron chi connectivity index (χ1n) is 7.74. The molecule has 1 aromatic carbocycles. The summed E-state index contributed by atoms with van der Waals surface area (Å²) in [5.74, 6) is 0.912. The average Bonchev–Trinajstić information content (AvgIpc) is 3.27. The van der Waals surface area contributed by atoms with Crippen LogP contribution in [0.15, 0.2) is 33.7 Å². The van der Waals surface area contributed by atoms with E-state index >= 15 is 0 Å². The molecule has 0 bridgehead atoms. The normalized spacial score (nSPS) is 16.9. The molecule has 7 heteroatoms. The zero-order valence-corrected chi connectivity index (χ0v) is 16.0. The number of hydrogen-bond acceptors (Lipinski definition) is 3. The van der Waals surface area contributed by atoms with Crippen LogP contribution < -0.4 is 10.6 Å². The molecule has 5 nitrogen and oxygen atoms in total. The van der Waals surface area contributed by atoms with E-state index in [0.29, 0.717) is 13.0 Å². The van der Waals surface area contributed by atoms with Gasteiger partial charge < -0.3 is 10.6 Å². The van der Waals surface area contributed by atoms with Gasteiger partial charge >= 0.3 is 0 Å². The molecule has 1 aliphatic carbocycles. The Bertz CT molecular complexity index is 670. The first-order valence-corrected chi connectivity index (χ1v) is 10.6. The molecule has 0 radical (unpaired) electrons. The smallest absolute Gasteiger partial charge is 0.191 e. The molecule has 0 atom stereocenters. The average molecular weight is 402 g/mol. The molecular formula is C16H24BrN3O2S. The van der Waals surface area contributed by atoms with Crippen molar-refractivity contribution in [2.24, 2.45) is 4.99 Å². The predicted molar refractivity (Wildman–Crippen MR) is 98.7 cm³/mol. The Morgan fingerprint density at radius 1 is 1.30 bits per heavy atom. The molecule has 23 heavy (non-hydrogen) atoms. The van der Waals surface area contributed by atoms with E-state index in [1.165, 1.54) is 11.8 Å². The van der Waals surface area contributed by atoms with Crippen molar-refractivity contribution in [1.82, 2.24) is 10.6 Å².